The highest BCUT2D eigenvalue weighted by atomic mass is 35.5. The summed E-state index contributed by atoms with van der Waals surface area (Å²) < 4.78 is 69.1. The summed E-state index contributed by atoms with van der Waals surface area (Å²) in [5.41, 5.74) is 0.0273. The maximum Gasteiger partial charge on any atom is 0.418 e. The van der Waals surface area contributed by atoms with Crippen molar-refractivity contribution in [3.05, 3.63) is 76.9 Å². The topological polar surface area (TPSA) is 69.2 Å². The van der Waals surface area contributed by atoms with E-state index in [1.54, 1.807) is 25.1 Å². The summed E-state index contributed by atoms with van der Waals surface area (Å²) in [7, 11) is -3.33. The van der Waals surface area contributed by atoms with Crippen LogP contribution < -0.4 is 4.74 Å². The summed E-state index contributed by atoms with van der Waals surface area (Å²) in [6, 6.07) is 14.4. The van der Waals surface area contributed by atoms with Crippen molar-refractivity contribution >= 4 is 32.5 Å². The summed E-state index contributed by atoms with van der Waals surface area (Å²) in [6.45, 7) is 1.56. The summed E-state index contributed by atoms with van der Waals surface area (Å²) in [4.78, 5) is 8.72. The first-order valence-corrected chi connectivity index (χ1v) is 11.8. The third kappa shape index (κ3) is 4.79. The Morgan fingerprint density at radius 1 is 0.939 bits per heavy atom. The molecule has 0 amide bonds. The minimum absolute atomic E-state index is 0.0872. The van der Waals surface area contributed by atoms with Gasteiger partial charge in [-0.3, -0.25) is 0 Å². The van der Waals surface area contributed by atoms with Gasteiger partial charge in [0, 0.05) is 11.8 Å². The third-order valence-electron chi connectivity index (χ3n) is 4.86. The first kappa shape index (κ1) is 23.0. The van der Waals surface area contributed by atoms with Crippen LogP contribution in [-0.2, 0) is 16.0 Å². The van der Waals surface area contributed by atoms with E-state index < -0.39 is 21.6 Å². The predicted molar refractivity (Wildman–Crippen MR) is 119 cm³/mol. The number of aromatic nitrogens is 2. The molecule has 1 aromatic heterocycles. The molecule has 4 aromatic rings. The Hall–Kier alpha value is -3.17. The largest absolute Gasteiger partial charge is 0.457 e. The second-order valence-corrected chi connectivity index (χ2v) is 9.74. The second kappa shape index (κ2) is 8.31. The third-order valence-corrected chi connectivity index (χ3v) is 6.31. The average Bonchev–Trinajstić information content (AvgIpc) is 2.73. The number of hydrogen-bond donors (Lipinski definition) is 0. The van der Waals surface area contributed by atoms with Crippen LogP contribution in [0.3, 0.4) is 0 Å². The Morgan fingerprint density at radius 3 is 2.24 bits per heavy atom. The highest BCUT2D eigenvalue weighted by Gasteiger charge is 2.33. The molecule has 0 aliphatic heterocycles. The number of benzene rings is 3. The van der Waals surface area contributed by atoms with E-state index in [4.69, 9.17) is 16.3 Å². The number of nitrogens with zero attached hydrogens (tertiary/aromatic N) is 2. The fraction of sp³-hybridized carbons (Fsp3) is 0.130. The van der Waals surface area contributed by atoms with Gasteiger partial charge in [0.1, 0.15) is 17.0 Å². The van der Waals surface area contributed by atoms with Gasteiger partial charge in [0.05, 0.1) is 32.4 Å². The molecule has 0 saturated heterocycles. The lowest BCUT2D eigenvalue weighted by Crippen LogP contribution is -2.08. The van der Waals surface area contributed by atoms with Gasteiger partial charge in [-0.2, -0.15) is 13.2 Å². The van der Waals surface area contributed by atoms with E-state index >= 15 is 0 Å². The van der Waals surface area contributed by atoms with E-state index in [-0.39, 0.29) is 21.6 Å². The molecule has 3 aromatic carbocycles. The summed E-state index contributed by atoms with van der Waals surface area (Å²) in [5, 5.41) is 0.318. The molecule has 0 N–H and O–H groups in total. The van der Waals surface area contributed by atoms with E-state index in [0.717, 1.165) is 12.3 Å². The SMILES string of the molecule is Cc1nc2c(C(F)(F)F)cccc2nc1-c1cc(Oc2ccc(S(C)(=O)=O)cc2)ccc1Cl. The summed E-state index contributed by atoms with van der Waals surface area (Å²) in [6.07, 6.45) is -3.45. The van der Waals surface area contributed by atoms with Crippen molar-refractivity contribution in [2.45, 2.75) is 18.0 Å². The highest BCUT2D eigenvalue weighted by molar-refractivity contribution is 7.90. The molecule has 5 nitrogen and oxygen atoms in total. The number of halogens is 4. The van der Waals surface area contributed by atoms with Gasteiger partial charge >= 0.3 is 6.18 Å². The number of rotatable bonds is 4. The Labute approximate surface area is 192 Å². The average molecular weight is 493 g/mol. The Morgan fingerprint density at radius 2 is 1.61 bits per heavy atom. The zero-order valence-corrected chi connectivity index (χ0v) is 18.9. The van der Waals surface area contributed by atoms with Crippen molar-refractivity contribution in [3.8, 4) is 22.8 Å². The second-order valence-electron chi connectivity index (χ2n) is 7.32. The van der Waals surface area contributed by atoms with Crippen molar-refractivity contribution < 1.29 is 26.3 Å². The zero-order valence-electron chi connectivity index (χ0n) is 17.3. The van der Waals surface area contributed by atoms with Crippen LogP contribution in [0, 0.1) is 6.92 Å². The molecule has 10 heteroatoms. The van der Waals surface area contributed by atoms with Gasteiger partial charge < -0.3 is 4.74 Å². The lowest BCUT2D eigenvalue weighted by atomic mass is 10.1. The van der Waals surface area contributed by atoms with E-state index in [0.29, 0.717) is 27.8 Å². The molecule has 0 radical (unpaired) electrons. The van der Waals surface area contributed by atoms with Gasteiger partial charge in [0.25, 0.3) is 0 Å². The van der Waals surface area contributed by atoms with E-state index in [1.165, 1.54) is 36.4 Å². The molecular formula is C23H16ClF3N2O3S. The smallest absolute Gasteiger partial charge is 0.418 e. The van der Waals surface area contributed by atoms with Crippen molar-refractivity contribution in [2.75, 3.05) is 6.26 Å². The Kier molecular flexibility index (Phi) is 5.79. The van der Waals surface area contributed by atoms with Gasteiger partial charge in [-0.25, -0.2) is 18.4 Å². The number of fused-ring (bicyclic) bond motifs is 1. The molecule has 0 fully saturated rings. The molecule has 0 atom stereocenters. The van der Waals surface area contributed by atoms with Crippen LogP contribution in [0.1, 0.15) is 11.3 Å². The van der Waals surface area contributed by atoms with Gasteiger partial charge in [-0.15, -0.1) is 0 Å². The predicted octanol–water partition coefficient (Wildman–Crippen LogP) is 6.47. The van der Waals surface area contributed by atoms with Crippen molar-refractivity contribution in [1.82, 2.24) is 9.97 Å². The molecule has 1 heterocycles. The van der Waals surface area contributed by atoms with Crippen LogP contribution in [-0.4, -0.2) is 24.6 Å². The van der Waals surface area contributed by atoms with E-state index in [2.05, 4.69) is 9.97 Å². The number of ether oxygens (including phenoxy) is 1. The molecule has 4 rings (SSSR count). The van der Waals surface area contributed by atoms with Gasteiger partial charge in [0.15, 0.2) is 9.84 Å². The first-order valence-electron chi connectivity index (χ1n) is 9.56. The van der Waals surface area contributed by atoms with Crippen LogP contribution in [0.15, 0.2) is 65.6 Å². The van der Waals surface area contributed by atoms with Crippen molar-refractivity contribution in [3.63, 3.8) is 0 Å². The number of hydrogen-bond acceptors (Lipinski definition) is 5. The highest BCUT2D eigenvalue weighted by Crippen LogP contribution is 2.37. The van der Waals surface area contributed by atoms with Crippen molar-refractivity contribution in [1.29, 1.82) is 0 Å². The molecule has 0 unspecified atom stereocenters. The summed E-state index contributed by atoms with van der Waals surface area (Å²) in [5.74, 6) is 0.777. The lowest BCUT2D eigenvalue weighted by Gasteiger charge is -2.14. The quantitative estimate of drug-likeness (QED) is 0.326. The molecular weight excluding hydrogens is 477 g/mol. The van der Waals surface area contributed by atoms with E-state index in [9.17, 15) is 21.6 Å². The van der Waals surface area contributed by atoms with Crippen LogP contribution in [0.5, 0.6) is 11.5 Å². The normalized spacial score (nSPS) is 12.2. The maximum absolute atomic E-state index is 13.3. The molecule has 0 saturated carbocycles. The van der Waals surface area contributed by atoms with Gasteiger partial charge in [-0.1, -0.05) is 17.7 Å². The number of alkyl halides is 3. The monoisotopic (exact) mass is 492 g/mol. The lowest BCUT2D eigenvalue weighted by molar-refractivity contribution is -0.136. The van der Waals surface area contributed by atoms with Crippen LogP contribution in [0.4, 0.5) is 13.2 Å². The first-order chi connectivity index (χ1) is 15.4. The Balaban J connectivity index is 1.74. The van der Waals surface area contributed by atoms with Gasteiger partial charge in [0.2, 0.25) is 0 Å². The molecule has 33 heavy (non-hydrogen) atoms. The maximum atomic E-state index is 13.3. The Bertz CT molecular complexity index is 1470. The van der Waals surface area contributed by atoms with Crippen molar-refractivity contribution in [2.24, 2.45) is 0 Å². The van der Waals surface area contributed by atoms with Gasteiger partial charge in [-0.05, 0) is 61.5 Å². The molecule has 0 aliphatic carbocycles. The summed E-state index contributed by atoms with van der Waals surface area (Å²) >= 11 is 6.36. The molecule has 0 aliphatic rings. The van der Waals surface area contributed by atoms with Crippen LogP contribution in [0.2, 0.25) is 5.02 Å². The fourth-order valence-corrected chi connectivity index (χ4v) is 4.12. The molecule has 170 valence electrons. The number of para-hydroxylation sites is 1. The molecule has 0 bridgehead atoms. The number of aryl methyl sites for hydroxylation is 1. The minimum atomic E-state index is -4.56. The minimum Gasteiger partial charge on any atom is -0.457 e. The van der Waals surface area contributed by atoms with Crippen LogP contribution in [0.25, 0.3) is 22.3 Å². The zero-order chi connectivity index (χ0) is 24.0. The fourth-order valence-electron chi connectivity index (χ4n) is 3.29. The van der Waals surface area contributed by atoms with Crippen LogP contribution >= 0.6 is 11.6 Å². The van der Waals surface area contributed by atoms with E-state index in [1.807, 2.05) is 0 Å². The standard InChI is InChI=1S/C23H16ClF3N2O3S/c1-13-21(29-20-5-3-4-18(22(20)28-13)23(25,26)27)17-12-15(8-11-19(17)24)32-14-6-9-16(10-7-14)33(2,30)31/h3-12H,1-2H3. The number of sulfone groups is 1. The molecule has 0 spiro atoms.